The normalized spacial score (nSPS) is 13.9. The topological polar surface area (TPSA) is 24.9 Å². The predicted octanol–water partition coefficient (Wildman–Crippen LogP) is 3.57. The number of pyridine rings is 1. The van der Waals surface area contributed by atoms with Gasteiger partial charge >= 0.3 is 0 Å². The van der Waals surface area contributed by atoms with E-state index in [9.17, 15) is 4.39 Å². The van der Waals surface area contributed by atoms with Crippen molar-refractivity contribution in [2.24, 2.45) is 0 Å². The number of thiocarbonyl (C=S) groups is 1. The Morgan fingerprint density at radius 1 is 1.22 bits per heavy atom. The lowest BCUT2D eigenvalue weighted by Gasteiger charge is -2.20. The SMILES string of the molecule is Fc1c(-c2cccnc2)ccc2c1CCC(=S)N2. The molecule has 2 heterocycles. The molecule has 2 nitrogen and oxygen atoms in total. The van der Waals surface area contributed by atoms with Gasteiger partial charge in [0.1, 0.15) is 5.82 Å². The zero-order valence-electron chi connectivity index (χ0n) is 9.61. The smallest absolute Gasteiger partial charge is 0.136 e. The lowest BCUT2D eigenvalue weighted by atomic mass is 9.97. The molecule has 0 atom stereocenters. The van der Waals surface area contributed by atoms with Crippen molar-refractivity contribution in [2.45, 2.75) is 12.8 Å². The van der Waals surface area contributed by atoms with Crippen molar-refractivity contribution in [1.29, 1.82) is 0 Å². The average molecular weight is 258 g/mol. The second kappa shape index (κ2) is 4.46. The van der Waals surface area contributed by atoms with Crippen LogP contribution in [0.3, 0.4) is 0 Å². The third-order valence-electron chi connectivity index (χ3n) is 3.09. The molecule has 4 heteroatoms. The summed E-state index contributed by atoms with van der Waals surface area (Å²) in [7, 11) is 0. The molecule has 0 amide bonds. The van der Waals surface area contributed by atoms with Crippen molar-refractivity contribution in [1.82, 2.24) is 4.98 Å². The van der Waals surface area contributed by atoms with Crippen LogP contribution in [0.4, 0.5) is 10.1 Å². The van der Waals surface area contributed by atoms with Gasteiger partial charge in [0.15, 0.2) is 0 Å². The lowest BCUT2D eigenvalue weighted by molar-refractivity contribution is 0.614. The fourth-order valence-corrected chi connectivity index (χ4v) is 2.39. The summed E-state index contributed by atoms with van der Waals surface area (Å²) in [6, 6.07) is 7.32. The number of fused-ring (bicyclic) bond motifs is 1. The monoisotopic (exact) mass is 258 g/mol. The summed E-state index contributed by atoms with van der Waals surface area (Å²) in [5.74, 6) is -0.171. The van der Waals surface area contributed by atoms with Crippen LogP contribution in [-0.2, 0) is 6.42 Å². The molecule has 1 aromatic carbocycles. The summed E-state index contributed by atoms with van der Waals surface area (Å²) in [5, 5.41) is 3.06. The highest BCUT2D eigenvalue weighted by atomic mass is 32.1. The zero-order chi connectivity index (χ0) is 12.5. The van der Waals surface area contributed by atoms with Crippen LogP contribution in [-0.4, -0.2) is 9.97 Å². The van der Waals surface area contributed by atoms with E-state index in [1.54, 1.807) is 18.5 Å². The minimum Gasteiger partial charge on any atom is -0.350 e. The molecule has 0 saturated heterocycles. The summed E-state index contributed by atoms with van der Waals surface area (Å²) in [6.07, 6.45) is 4.71. The quantitative estimate of drug-likeness (QED) is 0.791. The molecule has 1 aliphatic heterocycles. The molecule has 0 unspecified atom stereocenters. The first-order valence-corrected chi connectivity index (χ1v) is 6.18. The maximum Gasteiger partial charge on any atom is 0.136 e. The van der Waals surface area contributed by atoms with E-state index < -0.39 is 0 Å². The molecule has 1 N–H and O–H groups in total. The van der Waals surface area contributed by atoms with Crippen molar-refractivity contribution in [3.63, 3.8) is 0 Å². The largest absolute Gasteiger partial charge is 0.350 e. The first-order valence-electron chi connectivity index (χ1n) is 5.77. The zero-order valence-corrected chi connectivity index (χ0v) is 10.4. The Labute approximate surface area is 110 Å². The van der Waals surface area contributed by atoms with Gasteiger partial charge in [-0.05, 0) is 24.6 Å². The van der Waals surface area contributed by atoms with Gasteiger partial charge in [-0.2, -0.15) is 0 Å². The Kier molecular flexibility index (Phi) is 2.80. The van der Waals surface area contributed by atoms with Crippen molar-refractivity contribution in [2.75, 3.05) is 5.32 Å². The number of rotatable bonds is 1. The number of aromatic nitrogens is 1. The molecule has 3 rings (SSSR count). The lowest BCUT2D eigenvalue weighted by Crippen LogP contribution is -2.18. The standard InChI is InChI=1S/C14H11FN2S/c15-14-10(9-2-1-7-16-8-9)3-5-12-11(14)4-6-13(18)17-12/h1-3,5,7-8H,4,6H2,(H,17,18). The Morgan fingerprint density at radius 2 is 2.11 bits per heavy atom. The highest BCUT2D eigenvalue weighted by Crippen LogP contribution is 2.32. The molecule has 0 aliphatic carbocycles. The van der Waals surface area contributed by atoms with Gasteiger partial charge in [0, 0.05) is 41.2 Å². The van der Waals surface area contributed by atoms with Gasteiger partial charge in [-0.3, -0.25) is 4.98 Å². The Morgan fingerprint density at radius 3 is 2.89 bits per heavy atom. The minimum absolute atomic E-state index is 0.171. The molecule has 1 aromatic heterocycles. The van der Waals surface area contributed by atoms with Gasteiger partial charge in [-0.25, -0.2) is 4.39 Å². The van der Waals surface area contributed by atoms with E-state index >= 15 is 0 Å². The van der Waals surface area contributed by atoms with Crippen molar-refractivity contribution >= 4 is 22.9 Å². The molecule has 0 fully saturated rings. The molecule has 0 radical (unpaired) electrons. The van der Waals surface area contributed by atoms with Gasteiger partial charge in [0.25, 0.3) is 0 Å². The maximum atomic E-state index is 14.5. The number of nitrogens with one attached hydrogen (secondary N) is 1. The second-order valence-electron chi connectivity index (χ2n) is 4.24. The van der Waals surface area contributed by atoms with Gasteiger partial charge in [0.05, 0.1) is 4.99 Å². The average Bonchev–Trinajstić information content (AvgIpc) is 2.40. The molecule has 0 spiro atoms. The fraction of sp³-hybridized carbons (Fsp3) is 0.143. The van der Waals surface area contributed by atoms with E-state index in [1.807, 2.05) is 18.2 Å². The van der Waals surface area contributed by atoms with Gasteiger partial charge in [-0.1, -0.05) is 18.3 Å². The van der Waals surface area contributed by atoms with Crippen LogP contribution >= 0.6 is 12.2 Å². The third kappa shape index (κ3) is 1.88. The molecule has 1 aliphatic rings. The van der Waals surface area contributed by atoms with Crippen LogP contribution < -0.4 is 5.32 Å². The highest BCUT2D eigenvalue weighted by Gasteiger charge is 2.19. The van der Waals surface area contributed by atoms with E-state index in [-0.39, 0.29) is 5.82 Å². The first kappa shape index (κ1) is 11.3. The summed E-state index contributed by atoms with van der Waals surface area (Å²) in [5.41, 5.74) is 2.89. The van der Waals surface area contributed by atoms with Gasteiger partial charge in [0.2, 0.25) is 0 Å². The number of anilines is 1. The summed E-state index contributed by atoms with van der Waals surface area (Å²) < 4.78 is 14.5. The summed E-state index contributed by atoms with van der Waals surface area (Å²) >= 11 is 5.11. The van der Waals surface area contributed by atoms with E-state index in [4.69, 9.17) is 12.2 Å². The molecule has 0 saturated carbocycles. The van der Waals surface area contributed by atoms with Crippen LogP contribution in [0.25, 0.3) is 11.1 Å². The van der Waals surface area contributed by atoms with E-state index in [1.165, 1.54) is 0 Å². The second-order valence-corrected chi connectivity index (χ2v) is 4.74. The molecular formula is C14H11FN2S. The number of halogens is 1. The number of benzene rings is 1. The van der Waals surface area contributed by atoms with E-state index in [0.717, 1.165) is 16.2 Å². The number of hydrogen-bond donors (Lipinski definition) is 1. The van der Waals surface area contributed by atoms with Crippen LogP contribution in [0, 0.1) is 5.82 Å². The molecule has 2 aromatic rings. The number of nitrogens with zero attached hydrogens (tertiary/aromatic N) is 1. The van der Waals surface area contributed by atoms with E-state index in [0.29, 0.717) is 24.0 Å². The Balaban J connectivity index is 2.12. The van der Waals surface area contributed by atoms with Crippen LogP contribution in [0.2, 0.25) is 0 Å². The minimum atomic E-state index is -0.171. The number of hydrogen-bond acceptors (Lipinski definition) is 2. The van der Waals surface area contributed by atoms with Crippen LogP contribution in [0.5, 0.6) is 0 Å². The van der Waals surface area contributed by atoms with Crippen molar-refractivity contribution in [3.8, 4) is 11.1 Å². The van der Waals surface area contributed by atoms with Crippen LogP contribution in [0.15, 0.2) is 36.7 Å². The molecule has 18 heavy (non-hydrogen) atoms. The molecule has 90 valence electrons. The van der Waals surface area contributed by atoms with Crippen molar-refractivity contribution < 1.29 is 4.39 Å². The molecule has 0 bridgehead atoms. The Hall–Kier alpha value is -1.81. The summed E-state index contributed by atoms with van der Waals surface area (Å²) in [4.78, 5) is 4.80. The third-order valence-corrected chi connectivity index (χ3v) is 3.40. The van der Waals surface area contributed by atoms with Crippen molar-refractivity contribution in [3.05, 3.63) is 48.0 Å². The Bertz CT molecular complexity index is 611. The maximum absolute atomic E-state index is 14.5. The molecular weight excluding hydrogens is 247 g/mol. The first-order chi connectivity index (χ1) is 8.75. The summed E-state index contributed by atoms with van der Waals surface area (Å²) in [6.45, 7) is 0. The van der Waals surface area contributed by atoms with Gasteiger partial charge < -0.3 is 5.32 Å². The fourth-order valence-electron chi connectivity index (χ4n) is 2.18. The predicted molar refractivity (Wildman–Crippen MR) is 74.2 cm³/mol. The van der Waals surface area contributed by atoms with Gasteiger partial charge in [-0.15, -0.1) is 0 Å². The van der Waals surface area contributed by atoms with E-state index in [2.05, 4.69) is 10.3 Å². The van der Waals surface area contributed by atoms with Crippen LogP contribution in [0.1, 0.15) is 12.0 Å². The highest BCUT2D eigenvalue weighted by molar-refractivity contribution is 7.80.